The number of rotatable bonds is 5. The zero-order chi connectivity index (χ0) is 18.2. The van der Waals surface area contributed by atoms with Gasteiger partial charge < -0.3 is 15.2 Å². The molecular formula is C18H22F2N2O3. The summed E-state index contributed by atoms with van der Waals surface area (Å²) in [6.07, 6.45) is 2.89. The summed E-state index contributed by atoms with van der Waals surface area (Å²) in [6.45, 7) is 0.655. The van der Waals surface area contributed by atoms with Gasteiger partial charge in [-0.3, -0.25) is 9.78 Å². The lowest BCUT2D eigenvalue weighted by molar-refractivity contribution is -0.0497. The topological polar surface area (TPSA) is 71.5 Å². The maximum Gasteiger partial charge on any atom is 0.387 e. The van der Waals surface area contributed by atoms with Crippen molar-refractivity contribution in [3.8, 4) is 5.75 Å². The molecule has 0 aliphatic heterocycles. The van der Waals surface area contributed by atoms with E-state index in [1.807, 2.05) is 0 Å². The van der Waals surface area contributed by atoms with E-state index in [9.17, 15) is 18.7 Å². The lowest BCUT2D eigenvalue weighted by atomic mass is 9.71. The minimum absolute atomic E-state index is 0. The fourth-order valence-electron chi connectivity index (χ4n) is 2.98. The number of fused-ring (bicyclic) bond motifs is 1. The van der Waals surface area contributed by atoms with E-state index in [0.717, 1.165) is 12.8 Å². The van der Waals surface area contributed by atoms with Gasteiger partial charge >= 0.3 is 6.61 Å². The third kappa shape index (κ3) is 4.04. The van der Waals surface area contributed by atoms with Crippen LogP contribution in [0.1, 0.15) is 38.5 Å². The van der Waals surface area contributed by atoms with Crippen molar-refractivity contribution in [3.63, 3.8) is 0 Å². The maximum atomic E-state index is 12.3. The molecule has 1 heterocycles. The number of ether oxygens (including phenoxy) is 1. The predicted octanol–water partition coefficient (Wildman–Crippen LogP) is 3.36. The summed E-state index contributed by atoms with van der Waals surface area (Å²) >= 11 is 0. The van der Waals surface area contributed by atoms with Crippen LogP contribution in [0.15, 0.2) is 30.5 Å². The fourth-order valence-corrected chi connectivity index (χ4v) is 2.98. The van der Waals surface area contributed by atoms with Crippen LogP contribution < -0.4 is 10.1 Å². The summed E-state index contributed by atoms with van der Waals surface area (Å²) in [5.41, 5.74) is 0.145. The van der Waals surface area contributed by atoms with Crippen LogP contribution in [0.25, 0.3) is 10.9 Å². The van der Waals surface area contributed by atoms with Gasteiger partial charge in [0, 0.05) is 25.1 Å². The van der Waals surface area contributed by atoms with Crippen molar-refractivity contribution >= 4 is 16.8 Å². The lowest BCUT2D eigenvalue weighted by Gasteiger charge is -2.42. The van der Waals surface area contributed by atoms with Gasteiger partial charge in [-0.05, 0) is 50.8 Å². The number of benzene rings is 1. The number of aliphatic hydroxyl groups is 1. The molecule has 1 aromatic carbocycles. The smallest absolute Gasteiger partial charge is 0.387 e. The van der Waals surface area contributed by atoms with Crippen LogP contribution in [0, 0.1) is 5.92 Å². The van der Waals surface area contributed by atoms with Crippen molar-refractivity contribution in [2.75, 3.05) is 0 Å². The first-order valence-corrected chi connectivity index (χ1v) is 8.10. The average molecular weight is 352 g/mol. The first kappa shape index (κ1) is 17.5. The molecule has 0 unspecified atom stereocenters. The highest BCUT2D eigenvalue weighted by atomic mass is 19.3. The van der Waals surface area contributed by atoms with E-state index >= 15 is 0 Å². The number of halogens is 2. The highest BCUT2D eigenvalue weighted by molar-refractivity contribution is 5.97. The third-order valence-electron chi connectivity index (χ3n) is 4.62. The number of nitrogens with one attached hydrogen (secondary N) is 1. The standard InChI is InChI=1S/C18H20F2N2O3.H2/c1-18(2,24)12-6-13(7-12)22-16(23)11-5-10-3-4-14(25-17(19)20)8-15(10)21-9-11;/h3-5,8-9,12-13,17,24H,6-7H2,1-2H3,(H,22,23);1H. The molecule has 0 spiro atoms. The summed E-state index contributed by atoms with van der Waals surface area (Å²) in [7, 11) is 0. The maximum absolute atomic E-state index is 12.3. The number of hydrogen-bond donors (Lipinski definition) is 2. The van der Waals surface area contributed by atoms with Crippen LogP contribution in [0.4, 0.5) is 8.78 Å². The monoisotopic (exact) mass is 352 g/mol. The molecule has 25 heavy (non-hydrogen) atoms. The van der Waals surface area contributed by atoms with Crippen LogP contribution in [0.5, 0.6) is 5.75 Å². The van der Waals surface area contributed by atoms with Crippen LogP contribution >= 0.6 is 0 Å². The molecule has 136 valence electrons. The second-order valence-corrected chi connectivity index (χ2v) is 6.95. The largest absolute Gasteiger partial charge is 0.435 e. The van der Waals surface area contributed by atoms with Crippen LogP contribution in [-0.4, -0.2) is 34.3 Å². The van der Waals surface area contributed by atoms with Gasteiger partial charge in [-0.25, -0.2) is 0 Å². The molecule has 1 fully saturated rings. The van der Waals surface area contributed by atoms with E-state index in [4.69, 9.17) is 0 Å². The minimum atomic E-state index is -2.89. The number of hydrogen-bond acceptors (Lipinski definition) is 4. The quantitative estimate of drug-likeness (QED) is 0.866. The second-order valence-electron chi connectivity index (χ2n) is 6.95. The second kappa shape index (κ2) is 6.55. The van der Waals surface area contributed by atoms with Crippen molar-refractivity contribution in [2.45, 2.75) is 44.9 Å². The van der Waals surface area contributed by atoms with Crippen molar-refractivity contribution < 1.29 is 24.8 Å². The van der Waals surface area contributed by atoms with E-state index in [-0.39, 0.29) is 25.0 Å². The lowest BCUT2D eigenvalue weighted by Crippen LogP contribution is -2.50. The number of aromatic nitrogens is 1. The molecule has 2 aromatic rings. The summed E-state index contributed by atoms with van der Waals surface area (Å²) in [5.74, 6) is -0.0263. The Morgan fingerprint density at radius 2 is 2.12 bits per heavy atom. The first-order valence-electron chi connectivity index (χ1n) is 8.10. The van der Waals surface area contributed by atoms with Crippen LogP contribution in [0.3, 0.4) is 0 Å². The number of amides is 1. The molecule has 1 saturated carbocycles. The van der Waals surface area contributed by atoms with Crippen molar-refractivity contribution in [1.82, 2.24) is 10.3 Å². The normalized spacial score (nSPS) is 20.4. The Morgan fingerprint density at radius 3 is 2.76 bits per heavy atom. The number of carbonyl (C=O) groups is 1. The van der Waals surface area contributed by atoms with E-state index in [0.29, 0.717) is 16.5 Å². The van der Waals surface area contributed by atoms with E-state index < -0.39 is 12.2 Å². The Balaban J connectivity index is 0.00000243. The van der Waals surface area contributed by atoms with Gasteiger partial charge in [-0.2, -0.15) is 8.78 Å². The van der Waals surface area contributed by atoms with Gasteiger partial charge in [0.2, 0.25) is 0 Å². The van der Waals surface area contributed by atoms with Gasteiger partial charge in [-0.15, -0.1) is 0 Å². The Bertz CT molecular complexity index is 790. The van der Waals surface area contributed by atoms with Crippen molar-refractivity contribution in [1.29, 1.82) is 0 Å². The molecule has 2 N–H and O–H groups in total. The number of alkyl halides is 2. The zero-order valence-electron chi connectivity index (χ0n) is 14.0. The van der Waals surface area contributed by atoms with Gasteiger partial charge in [-0.1, -0.05) is 0 Å². The molecule has 7 heteroatoms. The minimum Gasteiger partial charge on any atom is -0.435 e. The van der Waals surface area contributed by atoms with E-state index in [1.165, 1.54) is 18.3 Å². The average Bonchev–Trinajstić information content (AvgIpc) is 2.47. The molecule has 5 nitrogen and oxygen atoms in total. The highest BCUT2D eigenvalue weighted by Gasteiger charge is 2.39. The molecule has 1 aliphatic rings. The zero-order valence-corrected chi connectivity index (χ0v) is 14.0. The molecule has 1 amide bonds. The van der Waals surface area contributed by atoms with Gasteiger partial charge in [0.1, 0.15) is 5.75 Å². The predicted molar refractivity (Wildman–Crippen MR) is 90.8 cm³/mol. The third-order valence-corrected chi connectivity index (χ3v) is 4.62. The van der Waals surface area contributed by atoms with Gasteiger partial charge in [0.05, 0.1) is 16.7 Å². The van der Waals surface area contributed by atoms with Crippen LogP contribution in [-0.2, 0) is 0 Å². The Morgan fingerprint density at radius 1 is 1.40 bits per heavy atom. The van der Waals surface area contributed by atoms with Gasteiger partial charge in [0.15, 0.2) is 0 Å². The Labute approximate surface area is 145 Å². The molecule has 0 atom stereocenters. The fraction of sp³-hybridized carbons (Fsp3) is 0.444. The molecule has 0 bridgehead atoms. The number of pyridine rings is 1. The molecular weight excluding hydrogens is 330 g/mol. The Hall–Kier alpha value is -2.28. The van der Waals surface area contributed by atoms with Crippen molar-refractivity contribution in [2.24, 2.45) is 5.92 Å². The number of nitrogens with zero attached hydrogens (tertiary/aromatic N) is 1. The molecule has 0 saturated heterocycles. The Kier molecular flexibility index (Phi) is 4.60. The van der Waals surface area contributed by atoms with E-state index in [1.54, 1.807) is 26.0 Å². The highest BCUT2D eigenvalue weighted by Crippen LogP contribution is 2.36. The summed E-state index contributed by atoms with van der Waals surface area (Å²) in [5, 5.41) is 13.5. The molecule has 1 aromatic heterocycles. The number of carbonyl (C=O) groups excluding carboxylic acids is 1. The molecule has 3 rings (SSSR count). The summed E-state index contributed by atoms with van der Waals surface area (Å²) in [4.78, 5) is 16.5. The van der Waals surface area contributed by atoms with Gasteiger partial charge in [0.25, 0.3) is 5.91 Å². The van der Waals surface area contributed by atoms with E-state index in [2.05, 4.69) is 15.0 Å². The molecule has 1 aliphatic carbocycles. The summed E-state index contributed by atoms with van der Waals surface area (Å²) in [6, 6.07) is 6.11. The summed E-state index contributed by atoms with van der Waals surface area (Å²) < 4.78 is 28.8. The first-order chi connectivity index (χ1) is 11.7. The SMILES string of the molecule is CC(C)(O)C1CC(NC(=O)c2cnc3cc(OC(F)F)ccc3c2)C1.[HH]. The molecule has 0 radical (unpaired) electrons. The van der Waals surface area contributed by atoms with Crippen LogP contribution in [0.2, 0.25) is 0 Å². The van der Waals surface area contributed by atoms with Crippen molar-refractivity contribution in [3.05, 3.63) is 36.0 Å².